The average Bonchev–Trinajstić information content (AvgIpc) is 3.01. The number of hydrogen-bond donors (Lipinski definition) is 3. The average molecular weight is 362 g/mol. The van der Waals surface area contributed by atoms with Gasteiger partial charge < -0.3 is 15.5 Å². The van der Waals surface area contributed by atoms with Gasteiger partial charge in [-0.05, 0) is 29.2 Å². The van der Waals surface area contributed by atoms with E-state index >= 15 is 0 Å². The molecule has 3 amide bonds. The van der Waals surface area contributed by atoms with Crippen molar-refractivity contribution in [1.82, 2.24) is 20.5 Å². The topological polar surface area (TPSA) is 146 Å². The molecular formula is C16H18N4O6. The number of benzene rings is 1. The summed E-state index contributed by atoms with van der Waals surface area (Å²) in [5.74, 6) is -1.73. The van der Waals surface area contributed by atoms with E-state index in [2.05, 4.69) is 15.6 Å². The van der Waals surface area contributed by atoms with Crippen LogP contribution in [0, 0.1) is 11.3 Å². The lowest BCUT2D eigenvalue weighted by molar-refractivity contribution is -0.161. The Hall–Kier alpha value is -3.17. The zero-order valence-corrected chi connectivity index (χ0v) is 14.3. The molecule has 3 rings (SSSR count). The molecule has 2 aromatic rings. The van der Waals surface area contributed by atoms with Crippen LogP contribution in [0.4, 0.5) is 9.59 Å². The minimum Gasteiger partial charge on any atom is -0.481 e. The van der Waals surface area contributed by atoms with E-state index in [0.717, 1.165) is 0 Å². The molecule has 138 valence electrons. The van der Waals surface area contributed by atoms with Gasteiger partial charge in [0.15, 0.2) is 0 Å². The summed E-state index contributed by atoms with van der Waals surface area (Å²) in [5, 5.41) is 29.8. The fourth-order valence-corrected chi connectivity index (χ4v) is 3.95. The summed E-state index contributed by atoms with van der Waals surface area (Å²) in [6, 6.07) is 1.70. The predicted octanol–water partition coefficient (Wildman–Crippen LogP) is 2.08. The van der Waals surface area contributed by atoms with Gasteiger partial charge in [-0.1, -0.05) is 26.0 Å². The predicted molar refractivity (Wildman–Crippen MR) is 87.3 cm³/mol. The normalized spacial score (nSPS) is 26.2. The van der Waals surface area contributed by atoms with Gasteiger partial charge in [-0.15, -0.1) is 0 Å². The zero-order valence-electron chi connectivity index (χ0n) is 14.3. The van der Waals surface area contributed by atoms with Crippen molar-refractivity contribution in [3.05, 3.63) is 23.8 Å². The molecule has 1 aliphatic rings. The van der Waals surface area contributed by atoms with Crippen molar-refractivity contribution >= 4 is 29.1 Å². The van der Waals surface area contributed by atoms with E-state index in [1.54, 1.807) is 39.0 Å². The molecule has 26 heavy (non-hydrogen) atoms. The Morgan fingerprint density at radius 2 is 2.00 bits per heavy atom. The number of aromatic nitrogens is 2. The molecule has 0 saturated carbocycles. The summed E-state index contributed by atoms with van der Waals surface area (Å²) >= 11 is 0. The van der Waals surface area contributed by atoms with Gasteiger partial charge in [0, 0.05) is 11.6 Å². The van der Waals surface area contributed by atoms with Crippen LogP contribution in [0.2, 0.25) is 0 Å². The van der Waals surface area contributed by atoms with Crippen LogP contribution in [-0.4, -0.2) is 49.6 Å². The number of nitrogens with one attached hydrogen (secondary N) is 1. The minimum absolute atomic E-state index is 0.219. The molecule has 1 aromatic heterocycles. The van der Waals surface area contributed by atoms with Gasteiger partial charge in [0.05, 0.1) is 6.04 Å². The number of carbonyl (C=O) groups is 3. The van der Waals surface area contributed by atoms with Gasteiger partial charge in [-0.25, -0.2) is 19.1 Å². The van der Waals surface area contributed by atoms with E-state index in [9.17, 15) is 24.6 Å². The molecular weight excluding hydrogens is 344 g/mol. The van der Waals surface area contributed by atoms with E-state index in [1.165, 1.54) is 0 Å². The third-order valence-corrected chi connectivity index (χ3v) is 5.13. The van der Waals surface area contributed by atoms with Crippen LogP contribution < -0.4 is 5.32 Å². The number of aliphatic carboxylic acids is 1. The second-order valence-electron chi connectivity index (χ2n) is 6.60. The number of carbonyl (C=O) groups excluding carboxylic acids is 1. The Bertz CT molecular complexity index is 894. The molecule has 3 atom stereocenters. The summed E-state index contributed by atoms with van der Waals surface area (Å²) in [5.41, 5.74) is -0.810. The van der Waals surface area contributed by atoms with Gasteiger partial charge in [-0.2, -0.15) is 0 Å². The van der Waals surface area contributed by atoms with Crippen molar-refractivity contribution in [2.45, 2.75) is 32.9 Å². The molecule has 1 aromatic carbocycles. The van der Waals surface area contributed by atoms with Crippen molar-refractivity contribution in [1.29, 1.82) is 0 Å². The highest BCUT2D eigenvalue weighted by molar-refractivity contribution is 5.95. The Kier molecular flexibility index (Phi) is 4.05. The highest BCUT2D eigenvalue weighted by atomic mass is 16.6. The molecule has 10 nitrogen and oxygen atoms in total. The molecule has 0 bridgehead atoms. The van der Waals surface area contributed by atoms with E-state index in [1.807, 2.05) is 0 Å². The van der Waals surface area contributed by atoms with E-state index in [4.69, 9.17) is 4.63 Å². The summed E-state index contributed by atoms with van der Waals surface area (Å²) in [6.45, 7) is 4.91. The number of imide groups is 1. The monoisotopic (exact) mass is 362 g/mol. The van der Waals surface area contributed by atoms with Crippen LogP contribution in [0.15, 0.2) is 22.8 Å². The van der Waals surface area contributed by atoms with Gasteiger partial charge in [0.2, 0.25) is 0 Å². The first-order valence-corrected chi connectivity index (χ1v) is 8.00. The van der Waals surface area contributed by atoms with Crippen molar-refractivity contribution < 1.29 is 29.2 Å². The number of rotatable bonds is 3. The maximum atomic E-state index is 12.4. The van der Waals surface area contributed by atoms with Crippen LogP contribution in [0.5, 0.6) is 0 Å². The Morgan fingerprint density at radius 3 is 2.58 bits per heavy atom. The molecule has 2 heterocycles. The second-order valence-corrected chi connectivity index (χ2v) is 6.60. The summed E-state index contributed by atoms with van der Waals surface area (Å²) < 4.78 is 4.72. The van der Waals surface area contributed by atoms with E-state index in [0.29, 0.717) is 10.4 Å². The van der Waals surface area contributed by atoms with Crippen molar-refractivity contribution in [2.24, 2.45) is 11.3 Å². The first kappa shape index (κ1) is 17.6. The maximum absolute atomic E-state index is 12.4. The molecule has 1 fully saturated rings. The van der Waals surface area contributed by atoms with E-state index < -0.39 is 41.5 Å². The van der Waals surface area contributed by atoms with Gasteiger partial charge in [0.25, 0.3) is 0 Å². The molecule has 10 heteroatoms. The van der Waals surface area contributed by atoms with Crippen LogP contribution in [-0.2, 0) is 4.79 Å². The minimum atomic E-state index is -1.63. The largest absolute Gasteiger partial charge is 0.481 e. The van der Waals surface area contributed by atoms with Crippen LogP contribution in [0.1, 0.15) is 32.4 Å². The highest BCUT2D eigenvalue weighted by Crippen LogP contribution is 2.50. The molecule has 1 aliphatic heterocycles. The molecule has 0 radical (unpaired) electrons. The fraction of sp³-hybridized carbons (Fsp3) is 0.438. The summed E-state index contributed by atoms with van der Waals surface area (Å²) in [7, 11) is 0. The molecule has 1 saturated heterocycles. The van der Waals surface area contributed by atoms with Crippen LogP contribution in [0.25, 0.3) is 11.0 Å². The van der Waals surface area contributed by atoms with Crippen LogP contribution >= 0.6 is 0 Å². The smallest absolute Gasteiger partial charge is 0.416 e. The lowest BCUT2D eigenvalue weighted by atomic mass is 9.63. The number of carboxylic acids is 1. The first-order chi connectivity index (χ1) is 12.2. The number of urea groups is 1. The van der Waals surface area contributed by atoms with Crippen molar-refractivity contribution in [2.75, 3.05) is 0 Å². The van der Waals surface area contributed by atoms with Gasteiger partial charge >= 0.3 is 18.1 Å². The standard InChI is InChI=1S/C16H18N4O6/c1-7(2)16(13(21)22)8(3)17-14(23)20(15(24)25)12(16)9-5-4-6-10-11(9)19-26-18-10/h4-8,12H,1-3H3,(H,17,23)(H,21,22)(H,24,25). The number of nitrogens with zero attached hydrogens (tertiary/aromatic N) is 3. The molecule has 0 aliphatic carbocycles. The number of hydrogen-bond acceptors (Lipinski definition) is 6. The number of carboxylic acid groups (broad SMARTS) is 2. The first-order valence-electron chi connectivity index (χ1n) is 8.00. The van der Waals surface area contributed by atoms with Gasteiger partial charge in [0.1, 0.15) is 16.4 Å². The quantitative estimate of drug-likeness (QED) is 0.752. The Balaban J connectivity index is 2.38. The third-order valence-electron chi connectivity index (χ3n) is 5.13. The SMILES string of the molecule is CC(C)C1(C(=O)O)C(C)NC(=O)N(C(=O)O)C1c1cccc2nonc12. The number of amides is 3. The van der Waals surface area contributed by atoms with Crippen LogP contribution in [0.3, 0.4) is 0 Å². The molecule has 3 unspecified atom stereocenters. The second kappa shape index (κ2) is 5.97. The van der Waals surface area contributed by atoms with Gasteiger partial charge in [-0.3, -0.25) is 4.79 Å². The Labute approximate surface area is 147 Å². The van der Waals surface area contributed by atoms with E-state index in [-0.39, 0.29) is 11.1 Å². The molecule has 0 spiro atoms. The maximum Gasteiger partial charge on any atom is 0.416 e. The summed E-state index contributed by atoms with van der Waals surface area (Å²) in [6.07, 6.45) is -1.56. The Morgan fingerprint density at radius 1 is 1.31 bits per heavy atom. The third kappa shape index (κ3) is 2.21. The van der Waals surface area contributed by atoms with Crippen molar-refractivity contribution in [3.8, 4) is 0 Å². The zero-order chi connectivity index (χ0) is 19.2. The lowest BCUT2D eigenvalue weighted by Gasteiger charge is -2.51. The van der Waals surface area contributed by atoms with Crippen molar-refractivity contribution in [3.63, 3.8) is 0 Å². The fourth-order valence-electron chi connectivity index (χ4n) is 3.95. The molecule has 3 N–H and O–H groups in total. The number of fused-ring (bicyclic) bond motifs is 1. The lowest BCUT2D eigenvalue weighted by Crippen LogP contribution is -2.68. The summed E-state index contributed by atoms with van der Waals surface area (Å²) in [4.78, 5) is 37.2. The highest BCUT2D eigenvalue weighted by Gasteiger charge is 2.61.